The van der Waals surface area contributed by atoms with E-state index in [1.165, 1.54) is 5.69 Å². The summed E-state index contributed by atoms with van der Waals surface area (Å²) >= 11 is 0. The number of aliphatic carboxylic acids is 1. The molecule has 19 heavy (non-hydrogen) atoms. The fourth-order valence-corrected chi connectivity index (χ4v) is 1.27. The fourth-order valence-electron chi connectivity index (χ4n) is 1.27. The van der Waals surface area contributed by atoms with Crippen LogP contribution in [0, 0.1) is 0 Å². The van der Waals surface area contributed by atoms with Crippen LogP contribution in [-0.4, -0.2) is 30.3 Å². The Morgan fingerprint density at radius 2 is 1.58 bits per heavy atom. The molecule has 0 spiro atoms. The number of halogens is 3. The highest BCUT2D eigenvalue weighted by Gasteiger charge is 2.38. The molecule has 0 fully saturated rings. The van der Waals surface area contributed by atoms with Crippen LogP contribution < -0.4 is 10.6 Å². The summed E-state index contributed by atoms with van der Waals surface area (Å²) in [5.74, 6) is -2.76. The molecule has 0 bridgehead atoms. The van der Waals surface area contributed by atoms with E-state index in [1.807, 2.05) is 12.1 Å². The number of hydrogen-bond donors (Lipinski definition) is 2. The molecule has 7 heteroatoms. The molecule has 1 rings (SSSR count). The smallest absolute Gasteiger partial charge is 0.475 e. The van der Waals surface area contributed by atoms with Crippen molar-refractivity contribution in [3.63, 3.8) is 0 Å². The zero-order chi connectivity index (χ0) is 15.1. The minimum absolute atomic E-state index is 0.825. The summed E-state index contributed by atoms with van der Waals surface area (Å²) in [6, 6.07) is 7.99. The number of nitrogen functional groups attached to an aromatic ring is 1. The average Bonchev–Trinajstić information content (AvgIpc) is 2.32. The first kappa shape index (κ1) is 17.1. The molecule has 0 heterocycles. The summed E-state index contributed by atoms with van der Waals surface area (Å²) in [7, 11) is 0. The first-order valence-corrected chi connectivity index (χ1v) is 5.62. The Balaban J connectivity index is 0.000000399. The van der Waals surface area contributed by atoms with Gasteiger partial charge in [-0.25, -0.2) is 4.79 Å². The van der Waals surface area contributed by atoms with Crippen LogP contribution in [0.5, 0.6) is 0 Å². The van der Waals surface area contributed by atoms with Gasteiger partial charge in [-0.1, -0.05) is 0 Å². The van der Waals surface area contributed by atoms with Crippen molar-refractivity contribution >= 4 is 17.3 Å². The van der Waals surface area contributed by atoms with Gasteiger partial charge in [-0.05, 0) is 38.1 Å². The van der Waals surface area contributed by atoms with Crippen LogP contribution in [0.4, 0.5) is 24.5 Å². The van der Waals surface area contributed by atoms with E-state index < -0.39 is 12.1 Å². The normalized spacial score (nSPS) is 10.4. The van der Waals surface area contributed by atoms with Gasteiger partial charge in [0.05, 0.1) is 0 Å². The lowest BCUT2D eigenvalue weighted by Gasteiger charge is -2.20. The number of benzene rings is 1. The predicted molar refractivity (Wildman–Crippen MR) is 68.1 cm³/mol. The highest BCUT2D eigenvalue weighted by atomic mass is 19.4. The van der Waals surface area contributed by atoms with Gasteiger partial charge < -0.3 is 15.7 Å². The van der Waals surface area contributed by atoms with Crippen molar-refractivity contribution in [1.29, 1.82) is 0 Å². The second-order valence-electron chi connectivity index (χ2n) is 3.57. The Morgan fingerprint density at radius 3 is 1.84 bits per heavy atom. The van der Waals surface area contributed by atoms with Crippen LogP contribution in [0.1, 0.15) is 13.8 Å². The highest BCUT2D eigenvalue weighted by molar-refractivity contribution is 5.73. The first-order chi connectivity index (χ1) is 8.72. The minimum atomic E-state index is -5.08. The lowest BCUT2D eigenvalue weighted by atomic mass is 10.2. The number of hydrogen-bond acceptors (Lipinski definition) is 3. The standard InChI is InChI=1S/C10H16N2.C2HF3O2/c1-3-12(4-2)10-7-5-9(11)6-8-10;3-2(4,5)1(6)7/h5-8H,3-4,11H2,1-2H3;(H,6,7). The molecule has 1 aromatic rings. The minimum Gasteiger partial charge on any atom is -0.475 e. The van der Waals surface area contributed by atoms with Crippen LogP contribution in [-0.2, 0) is 4.79 Å². The van der Waals surface area contributed by atoms with Gasteiger partial charge in [0.15, 0.2) is 0 Å². The Kier molecular flexibility index (Phi) is 6.74. The van der Waals surface area contributed by atoms with E-state index in [4.69, 9.17) is 15.6 Å². The maximum Gasteiger partial charge on any atom is 0.490 e. The molecule has 0 aliphatic carbocycles. The molecule has 0 unspecified atom stereocenters. The number of nitrogens with two attached hydrogens (primary N) is 1. The summed E-state index contributed by atoms with van der Waals surface area (Å²) in [5, 5.41) is 7.12. The third kappa shape index (κ3) is 6.54. The van der Waals surface area contributed by atoms with E-state index in [-0.39, 0.29) is 0 Å². The SMILES string of the molecule is CCN(CC)c1ccc(N)cc1.O=C(O)C(F)(F)F. The largest absolute Gasteiger partial charge is 0.490 e. The molecular weight excluding hydrogens is 261 g/mol. The van der Waals surface area contributed by atoms with E-state index in [9.17, 15) is 13.2 Å². The van der Waals surface area contributed by atoms with E-state index in [2.05, 4.69) is 30.9 Å². The molecule has 1 aromatic carbocycles. The summed E-state index contributed by atoms with van der Waals surface area (Å²) in [6.07, 6.45) is -5.08. The molecule has 108 valence electrons. The van der Waals surface area contributed by atoms with E-state index >= 15 is 0 Å². The molecule has 0 aromatic heterocycles. The van der Waals surface area contributed by atoms with Crippen LogP contribution in [0.3, 0.4) is 0 Å². The number of nitrogens with zero attached hydrogens (tertiary/aromatic N) is 1. The van der Waals surface area contributed by atoms with Crippen LogP contribution in [0.25, 0.3) is 0 Å². The monoisotopic (exact) mass is 278 g/mol. The third-order valence-electron chi connectivity index (χ3n) is 2.26. The quantitative estimate of drug-likeness (QED) is 0.834. The van der Waals surface area contributed by atoms with Crippen molar-refractivity contribution in [3.05, 3.63) is 24.3 Å². The summed E-state index contributed by atoms with van der Waals surface area (Å²) in [6.45, 7) is 6.39. The van der Waals surface area contributed by atoms with Gasteiger partial charge in [-0.2, -0.15) is 13.2 Å². The zero-order valence-electron chi connectivity index (χ0n) is 10.7. The van der Waals surface area contributed by atoms with Gasteiger partial charge >= 0.3 is 12.1 Å². The Hall–Kier alpha value is -1.92. The predicted octanol–water partition coefficient (Wildman–Crippen LogP) is 2.75. The summed E-state index contributed by atoms with van der Waals surface area (Å²) < 4.78 is 31.7. The number of carboxylic acids is 1. The maximum atomic E-state index is 10.6. The Labute approximate surface area is 109 Å². The van der Waals surface area contributed by atoms with Crippen molar-refractivity contribution in [2.24, 2.45) is 0 Å². The van der Waals surface area contributed by atoms with Gasteiger partial charge in [0, 0.05) is 24.5 Å². The van der Waals surface area contributed by atoms with Crippen LogP contribution in [0.15, 0.2) is 24.3 Å². The molecule has 0 aliphatic heterocycles. The molecule has 0 aliphatic rings. The van der Waals surface area contributed by atoms with Crippen LogP contribution >= 0.6 is 0 Å². The van der Waals surface area contributed by atoms with Gasteiger partial charge in [0.25, 0.3) is 0 Å². The number of carboxylic acid groups (broad SMARTS) is 1. The highest BCUT2D eigenvalue weighted by Crippen LogP contribution is 2.15. The third-order valence-corrected chi connectivity index (χ3v) is 2.26. The van der Waals surface area contributed by atoms with Gasteiger partial charge in [0.1, 0.15) is 0 Å². The summed E-state index contributed by atoms with van der Waals surface area (Å²) in [4.78, 5) is 11.2. The van der Waals surface area contributed by atoms with Crippen molar-refractivity contribution < 1.29 is 23.1 Å². The molecule has 0 amide bonds. The molecule has 0 saturated heterocycles. The Bertz CT molecular complexity index is 387. The zero-order valence-corrected chi connectivity index (χ0v) is 10.7. The van der Waals surface area contributed by atoms with Crippen molar-refractivity contribution in [1.82, 2.24) is 0 Å². The molecule has 0 saturated carbocycles. The first-order valence-electron chi connectivity index (χ1n) is 5.62. The molecule has 0 atom stereocenters. The maximum absolute atomic E-state index is 10.6. The average molecular weight is 278 g/mol. The topological polar surface area (TPSA) is 66.6 Å². The number of alkyl halides is 3. The van der Waals surface area contributed by atoms with E-state index in [0.29, 0.717) is 0 Å². The van der Waals surface area contributed by atoms with Crippen molar-refractivity contribution in [3.8, 4) is 0 Å². The molecule has 0 radical (unpaired) electrons. The van der Waals surface area contributed by atoms with Gasteiger partial charge in [-0.3, -0.25) is 0 Å². The lowest BCUT2D eigenvalue weighted by Crippen LogP contribution is -2.21. The van der Waals surface area contributed by atoms with Crippen LogP contribution in [0.2, 0.25) is 0 Å². The Morgan fingerprint density at radius 1 is 1.21 bits per heavy atom. The van der Waals surface area contributed by atoms with Gasteiger partial charge in [-0.15, -0.1) is 0 Å². The number of anilines is 2. The molecule has 3 N–H and O–H groups in total. The van der Waals surface area contributed by atoms with E-state index in [1.54, 1.807) is 0 Å². The molecular formula is C12H17F3N2O2. The van der Waals surface area contributed by atoms with Gasteiger partial charge in [0.2, 0.25) is 0 Å². The number of rotatable bonds is 3. The van der Waals surface area contributed by atoms with E-state index in [0.717, 1.165) is 18.8 Å². The van der Waals surface area contributed by atoms with Crippen molar-refractivity contribution in [2.75, 3.05) is 23.7 Å². The fraction of sp³-hybridized carbons (Fsp3) is 0.417. The second-order valence-corrected chi connectivity index (χ2v) is 3.57. The molecule has 4 nitrogen and oxygen atoms in total. The summed E-state index contributed by atoms with van der Waals surface area (Å²) in [5.41, 5.74) is 7.66. The second kappa shape index (κ2) is 7.50. The van der Waals surface area contributed by atoms with Crippen molar-refractivity contribution in [2.45, 2.75) is 20.0 Å². The number of carbonyl (C=O) groups is 1. The lowest BCUT2D eigenvalue weighted by molar-refractivity contribution is -0.192.